The third kappa shape index (κ3) is 4.80. The van der Waals surface area contributed by atoms with Crippen LogP contribution in [0.3, 0.4) is 0 Å². The zero-order chi connectivity index (χ0) is 16.8. The molecule has 0 unspecified atom stereocenters. The van der Waals surface area contributed by atoms with E-state index in [9.17, 15) is 4.79 Å². The van der Waals surface area contributed by atoms with Crippen LogP contribution >= 0.6 is 22.6 Å². The molecule has 1 aliphatic heterocycles. The Balaban J connectivity index is 1.77. The van der Waals surface area contributed by atoms with E-state index in [1.54, 1.807) is 0 Å². The second-order valence-corrected chi connectivity index (χ2v) is 7.48. The average molecular weight is 435 g/mol. The third-order valence-electron chi connectivity index (χ3n) is 4.41. The number of benzene rings is 2. The predicted molar refractivity (Wildman–Crippen MR) is 104 cm³/mol. The fourth-order valence-corrected chi connectivity index (χ4v) is 3.40. The van der Waals surface area contributed by atoms with Crippen LogP contribution in [0.25, 0.3) is 0 Å². The van der Waals surface area contributed by atoms with Crippen molar-refractivity contribution in [3.8, 4) is 0 Å². The molecule has 1 amide bonds. The fraction of sp³-hybridized carbons (Fsp3) is 0.350. The molecule has 2 aromatic carbocycles. The number of ether oxygens (including phenoxy) is 1. The first-order valence-electron chi connectivity index (χ1n) is 8.39. The molecule has 1 fully saturated rings. The SMILES string of the molecule is O=C(c1ccc(I)cc1)N(Cc1ccccc1)CC1CCOCC1. The van der Waals surface area contributed by atoms with E-state index >= 15 is 0 Å². The number of carbonyl (C=O) groups is 1. The molecular formula is C20H22INO2. The van der Waals surface area contributed by atoms with Gasteiger partial charge in [0.05, 0.1) is 0 Å². The van der Waals surface area contributed by atoms with Gasteiger partial charge in [-0.1, -0.05) is 30.3 Å². The van der Waals surface area contributed by atoms with Gasteiger partial charge in [0.2, 0.25) is 0 Å². The highest BCUT2D eigenvalue weighted by atomic mass is 127. The van der Waals surface area contributed by atoms with E-state index < -0.39 is 0 Å². The van der Waals surface area contributed by atoms with Gasteiger partial charge in [-0.2, -0.15) is 0 Å². The number of amides is 1. The maximum atomic E-state index is 13.0. The van der Waals surface area contributed by atoms with Gasteiger partial charge in [0, 0.05) is 35.4 Å². The largest absolute Gasteiger partial charge is 0.381 e. The molecule has 1 saturated heterocycles. The second kappa shape index (κ2) is 8.62. The van der Waals surface area contributed by atoms with Crippen molar-refractivity contribution >= 4 is 28.5 Å². The first-order valence-corrected chi connectivity index (χ1v) is 9.47. The first kappa shape index (κ1) is 17.4. The Kier molecular flexibility index (Phi) is 6.26. The molecule has 1 heterocycles. The summed E-state index contributed by atoms with van der Waals surface area (Å²) in [6.45, 7) is 3.06. The molecular weight excluding hydrogens is 413 g/mol. The molecule has 2 aromatic rings. The van der Waals surface area contributed by atoms with E-state index in [0.717, 1.165) is 41.7 Å². The maximum absolute atomic E-state index is 13.0. The minimum absolute atomic E-state index is 0.113. The van der Waals surface area contributed by atoms with Crippen molar-refractivity contribution in [3.05, 3.63) is 69.3 Å². The maximum Gasteiger partial charge on any atom is 0.254 e. The van der Waals surface area contributed by atoms with Crippen LogP contribution in [0.1, 0.15) is 28.8 Å². The van der Waals surface area contributed by atoms with E-state index in [4.69, 9.17) is 4.74 Å². The van der Waals surface area contributed by atoms with E-state index in [1.807, 2.05) is 47.4 Å². The number of carbonyl (C=O) groups excluding carboxylic acids is 1. The van der Waals surface area contributed by atoms with Gasteiger partial charge < -0.3 is 9.64 Å². The summed E-state index contributed by atoms with van der Waals surface area (Å²) in [6.07, 6.45) is 2.07. The van der Waals surface area contributed by atoms with Gasteiger partial charge in [0.1, 0.15) is 0 Å². The van der Waals surface area contributed by atoms with Crippen LogP contribution in [-0.2, 0) is 11.3 Å². The number of rotatable bonds is 5. The van der Waals surface area contributed by atoms with Crippen LogP contribution in [0.15, 0.2) is 54.6 Å². The van der Waals surface area contributed by atoms with Crippen molar-refractivity contribution in [2.45, 2.75) is 19.4 Å². The van der Waals surface area contributed by atoms with Gasteiger partial charge in [0.15, 0.2) is 0 Å². The van der Waals surface area contributed by atoms with Crippen molar-refractivity contribution in [2.24, 2.45) is 5.92 Å². The molecule has 4 heteroatoms. The number of hydrogen-bond acceptors (Lipinski definition) is 2. The van der Waals surface area contributed by atoms with Gasteiger partial charge in [-0.25, -0.2) is 0 Å². The average Bonchev–Trinajstić information content (AvgIpc) is 2.63. The summed E-state index contributed by atoms with van der Waals surface area (Å²) in [6, 6.07) is 18.0. The standard InChI is InChI=1S/C20H22INO2/c21-19-8-6-18(7-9-19)20(23)22(14-16-4-2-1-3-5-16)15-17-10-12-24-13-11-17/h1-9,17H,10-15H2. The Hall–Kier alpha value is -1.40. The minimum atomic E-state index is 0.113. The monoisotopic (exact) mass is 435 g/mol. The highest BCUT2D eigenvalue weighted by Gasteiger charge is 2.22. The molecule has 3 rings (SSSR count). The van der Waals surface area contributed by atoms with Crippen molar-refractivity contribution in [3.63, 3.8) is 0 Å². The van der Waals surface area contributed by atoms with Crippen molar-refractivity contribution in [1.82, 2.24) is 4.90 Å². The van der Waals surface area contributed by atoms with E-state index in [1.165, 1.54) is 5.56 Å². The number of hydrogen-bond donors (Lipinski definition) is 0. The third-order valence-corrected chi connectivity index (χ3v) is 5.13. The van der Waals surface area contributed by atoms with Crippen LogP contribution in [0.4, 0.5) is 0 Å². The summed E-state index contributed by atoms with van der Waals surface area (Å²) < 4.78 is 6.60. The Morgan fingerprint density at radius 2 is 1.71 bits per heavy atom. The number of halogens is 1. The highest BCUT2D eigenvalue weighted by Crippen LogP contribution is 2.20. The van der Waals surface area contributed by atoms with Crippen LogP contribution in [0.2, 0.25) is 0 Å². The Morgan fingerprint density at radius 3 is 2.38 bits per heavy atom. The van der Waals surface area contributed by atoms with Crippen molar-refractivity contribution in [1.29, 1.82) is 0 Å². The lowest BCUT2D eigenvalue weighted by Gasteiger charge is -2.30. The van der Waals surface area contributed by atoms with Gasteiger partial charge >= 0.3 is 0 Å². The smallest absolute Gasteiger partial charge is 0.254 e. The normalized spacial score (nSPS) is 15.2. The Labute approximate surface area is 157 Å². The summed E-state index contributed by atoms with van der Waals surface area (Å²) in [4.78, 5) is 15.0. The second-order valence-electron chi connectivity index (χ2n) is 6.23. The fourth-order valence-electron chi connectivity index (χ4n) is 3.04. The zero-order valence-corrected chi connectivity index (χ0v) is 15.8. The van der Waals surface area contributed by atoms with E-state index in [0.29, 0.717) is 12.5 Å². The lowest BCUT2D eigenvalue weighted by molar-refractivity contribution is 0.0446. The first-order chi connectivity index (χ1) is 11.7. The summed E-state index contributed by atoms with van der Waals surface area (Å²) in [5, 5.41) is 0. The van der Waals surface area contributed by atoms with Crippen LogP contribution < -0.4 is 0 Å². The molecule has 1 aliphatic rings. The predicted octanol–water partition coefficient (Wildman–Crippen LogP) is 4.36. The van der Waals surface area contributed by atoms with Crippen LogP contribution in [-0.4, -0.2) is 30.6 Å². The summed E-state index contributed by atoms with van der Waals surface area (Å²) >= 11 is 2.26. The molecule has 0 aliphatic carbocycles. The van der Waals surface area contributed by atoms with Gasteiger partial charge in [-0.05, 0) is 71.2 Å². The molecule has 3 nitrogen and oxygen atoms in total. The Bertz CT molecular complexity index is 651. The van der Waals surface area contributed by atoms with Crippen LogP contribution in [0.5, 0.6) is 0 Å². The lowest BCUT2D eigenvalue weighted by atomic mass is 9.99. The highest BCUT2D eigenvalue weighted by molar-refractivity contribution is 14.1. The van der Waals surface area contributed by atoms with E-state index in [-0.39, 0.29) is 5.91 Å². The van der Waals surface area contributed by atoms with Crippen molar-refractivity contribution < 1.29 is 9.53 Å². The molecule has 0 saturated carbocycles. The molecule has 0 N–H and O–H groups in total. The molecule has 0 spiro atoms. The minimum Gasteiger partial charge on any atom is -0.381 e. The zero-order valence-electron chi connectivity index (χ0n) is 13.7. The topological polar surface area (TPSA) is 29.5 Å². The van der Waals surface area contributed by atoms with Crippen LogP contribution in [0, 0.1) is 9.49 Å². The molecule has 24 heavy (non-hydrogen) atoms. The van der Waals surface area contributed by atoms with Crippen molar-refractivity contribution in [2.75, 3.05) is 19.8 Å². The van der Waals surface area contributed by atoms with Gasteiger partial charge in [-0.15, -0.1) is 0 Å². The summed E-state index contributed by atoms with van der Waals surface area (Å²) in [5.74, 6) is 0.636. The Morgan fingerprint density at radius 1 is 1.04 bits per heavy atom. The molecule has 0 aromatic heterocycles. The lowest BCUT2D eigenvalue weighted by Crippen LogP contribution is -2.36. The van der Waals surface area contributed by atoms with Gasteiger partial charge in [0.25, 0.3) is 5.91 Å². The summed E-state index contributed by atoms with van der Waals surface area (Å²) in [5.41, 5.74) is 1.93. The number of nitrogens with zero attached hydrogens (tertiary/aromatic N) is 1. The quantitative estimate of drug-likeness (QED) is 0.654. The van der Waals surface area contributed by atoms with Gasteiger partial charge in [-0.3, -0.25) is 4.79 Å². The molecule has 0 atom stereocenters. The summed E-state index contributed by atoms with van der Waals surface area (Å²) in [7, 11) is 0. The molecule has 0 bridgehead atoms. The van der Waals surface area contributed by atoms with E-state index in [2.05, 4.69) is 34.7 Å². The molecule has 126 valence electrons. The molecule has 0 radical (unpaired) electrons.